The smallest absolute Gasteiger partial charge is 0.274 e. The van der Waals surface area contributed by atoms with Crippen LogP contribution in [0, 0.1) is 15.9 Å². The second-order valence-electron chi connectivity index (χ2n) is 3.65. The van der Waals surface area contributed by atoms with E-state index in [0.29, 0.717) is 6.42 Å². The van der Waals surface area contributed by atoms with Crippen molar-refractivity contribution in [3.8, 4) is 0 Å². The molecule has 4 nitrogen and oxygen atoms in total. The van der Waals surface area contributed by atoms with Crippen molar-refractivity contribution in [3.63, 3.8) is 0 Å². The number of hydrogen-bond donors (Lipinski definition) is 0. The molecule has 0 aromatic heterocycles. The first kappa shape index (κ1) is 13.8. The molecule has 0 radical (unpaired) electrons. The average Bonchev–Trinajstić information content (AvgIpc) is 2.22. The molecule has 0 bridgehead atoms. The number of ketones is 1. The third-order valence-electron chi connectivity index (χ3n) is 2.54. The average molecular weight is 304 g/mol. The van der Waals surface area contributed by atoms with Crippen LogP contribution in [0.15, 0.2) is 16.6 Å². The van der Waals surface area contributed by atoms with Crippen molar-refractivity contribution >= 4 is 27.4 Å². The lowest BCUT2D eigenvalue weighted by atomic mass is 9.91. The number of halogens is 2. The van der Waals surface area contributed by atoms with Crippen molar-refractivity contribution in [1.29, 1.82) is 0 Å². The summed E-state index contributed by atoms with van der Waals surface area (Å²) in [5.74, 6) is -1.46. The standard InChI is InChI=1S/C11H11BrFNO3/c1-3-7(6(2)15)8-4-10(13)9(12)5-11(8)14(16)17/h4-5,7H,3H2,1-2H3. The molecule has 0 saturated heterocycles. The number of Topliss-reactive ketones (excluding diaryl/α,β-unsaturated/α-hetero) is 1. The largest absolute Gasteiger partial charge is 0.299 e. The number of nitro benzene ring substituents is 1. The molecule has 0 amide bonds. The van der Waals surface area contributed by atoms with Crippen LogP contribution in [0.1, 0.15) is 31.7 Å². The van der Waals surface area contributed by atoms with Crippen LogP contribution in [0.2, 0.25) is 0 Å². The van der Waals surface area contributed by atoms with Crippen molar-refractivity contribution in [2.75, 3.05) is 0 Å². The van der Waals surface area contributed by atoms with Gasteiger partial charge in [0.05, 0.1) is 9.40 Å². The van der Waals surface area contributed by atoms with E-state index < -0.39 is 16.7 Å². The summed E-state index contributed by atoms with van der Waals surface area (Å²) in [5, 5.41) is 10.9. The highest BCUT2D eigenvalue weighted by Gasteiger charge is 2.26. The van der Waals surface area contributed by atoms with E-state index in [-0.39, 0.29) is 21.5 Å². The maximum absolute atomic E-state index is 13.4. The fourth-order valence-corrected chi connectivity index (χ4v) is 2.05. The summed E-state index contributed by atoms with van der Waals surface area (Å²) >= 11 is 2.89. The number of nitro groups is 1. The normalized spacial score (nSPS) is 12.2. The highest BCUT2D eigenvalue weighted by molar-refractivity contribution is 9.10. The Morgan fingerprint density at radius 2 is 2.18 bits per heavy atom. The minimum atomic E-state index is -0.641. The summed E-state index contributed by atoms with van der Waals surface area (Å²) < 4.78 is 13.4. The van der Waals surface area contributed by atoms with Crippen molar-refractivity contribution in [1.82, 2.24) is 0 Å². The van der Waals surface area contributed by atoms with E-state index in [1.54, 1.807) is 6.92 Å². The Hall–Kier alpha value is -1.30. The predicted octanol–water partition coefficient (Wildman–Crippen LogP) is 3.58. The van der Waals surface area contributed by atoms with E-state index in [0.717, 1.165) is 12.1 Å². The summed E-state index contributed by atoms with van der Waals surface area (Å²) in [4.78, 5) is 21.7. The van der Waals surface area contributed by atoms with E-state index in [9.17, 15) is 19.3 Å². The fourth-order valence-electron chi connectivity index (χ4n) is 1.72. The molecule has 0 saturated carbocycles. The first-order chi connectivity index (χ1) is 7.88. The summed E-state index contributed by atoms with van der Waals surface area (Å²) in [7, 11) is 0. The molecule has 0 aliphatic heterocycles. The van der Waals surface area contributed by atoms with Gasteiger partial charge in [-0.25, -0.2) is 4.39 Å². The van der Waals surface area contributed by atoms with E-state index in [1.807, 2.05) is 0 Å². The summed E-state index contributed by atoms with van der Waals surface area (Å²) in [6.07, 6.45) is 0.400. The molecule has 0 aliphatic rings. The Kier molecular flexibility index (Phi) is 4.34. The van der Waals surface area contributed by atoms with Gasteiger partial charge in [0.2, 0.25) is 0 Å². The van der Waals surface area contributed by atoms with Gasteiger partial charge in [0.25, 0.3) is 5.69 Å². The van der Waals surface area contributed by atoms with Crippen molar-refractivity contribution in [3.05, 3.63) is 38.1 Å². The number of carbonyl (C=O) groups is 1. The second-order valence-corrected chi connectivity index (χ2v) is 4.51. The molecular formula is C11H11BrFNO3. The van der Waals surface area contributed by atoms with Gasteiger partial charge in [-0.05, 0) is 35.3 Å². The van der Waals surface area contributed by atoms with E-state index >= 15 is 0 Å². The molecule has 1 aromatic carbocycles. The molecule has 1 rings (SSSR count). The molecule has 0 aliphatic carbocycles. The Labute approximate surface area is 106 Å². The van der Waals surface area contributed by atoms with Gasteiger partial charge < -0.3 is 0 Å². The van der Waals surface area contributed by atoms with Crippen LogP contribution in [0.3, 0.4) is 0 Å². The highest BCUT2D eigenvalue weighted by Crippen LogP contribution is 2.33. The predicted molar refractivity (Wildman–Crippen MR) is 64.5 cm³/mol. The molecular weight excluding hydrogens is 293 g/mol. The molecule has 1 atom stereocenters. The van der Waals surface area contributed by atoms with Crippen LogP contribution < -0.4 is 0 Å². The molecule has 0 N–H and O–H groups in total. The van der Waals surface area contributed by atoms with Gasteiger partial charge in [-0.2, -0.15) is 0 Å². The Morgan fingerprint density at radius 1 is 1.59 bits per heavy atom. The number of carbonyl (C=O) groups excluding carboxylic acids is 1. The SMILES string of the molecule is CCC(C(C)=O)c1cc(F)c(Br)cc1[N+](=O)[O-]. The van der Waals surface area contributed by atoms with E-state index in [1.165, 1.54) is 6.92 Å². The maximum Gasteiger partial charge on any atom is 0.274 e. The van der Waals surface area contributed by atoms with Crippen LogP contribution in [-0.4, -0.2) is 10.7 Å². The topological polar surface area (TPSA) is 60.2 Å². The lowest BCUT2D eigenvalue weighted by Crippen LogP contribution is -2.10. The monoisotopic (exact) mass is 303 g/mol. The van der Waals surface area contributed by atoms with Crippen LogP contribution in [0.5, 0.6) is 0 Å². The number of benzene rings is 1. The minimum absolute atomic E-state index is 0.0198. The Morgan fingerprint density at radius 3 is 2.59 bits per heavy atom. The summed E-state index contributed by atoms with van der Waals surface area (Å²) in [6, 6.07) is 2.15. The van der Waals surface area contributed by atoms with E-state index in [4.69, 9.17) is 0 Å². The highest BCUT2D eigenvalue weighted by atomic mass is 79.9. The lowest BCUT2D eigenvalue weighted by molar-refractivity contribution is -0.385. The van der Waals surface area contributed by atoms with Crippen molar-refractivity contribution < 1.29 is 14.1 Å². The molecule has 1 aromatic rings. The van der Waals surface area contributed by atoms with Gasteiger partial charge >= 0.3 is 0 Å². The van der Waals surface area contributed by atoms with Crippen LogP contribution in [-0.2, 0) is 4.79 Å². The third-order valence-corrected chi connectivity index (χ3v) is 3.15. The Balaban J connectivity index is 3.44. The number of rotatable bonds is 4. The third kappa shape index (κ3) is 2.88. The van der Waals surface area contributed by atoms with Crippen LogP contribution in [0.4, 0.5) is 10.1 Å². The molecule has 0 heterocycles. The first-order valence-corrected chi connectivity index (χ1v) is 5.81. The molecule has 6 heteroatoms. The molecule has 17 heavy (non-hydrogen) atoms. The van der Waals surface area contributed by atoms with Gasteiger partial charge in [0, 0.05) is 17.5 Å². The van der Waals surface area contributed by atoms with Crippen molar-refractivity contribution in [2.24, 2.45) is 0 Å². The summed E-state index contributed by atoms with van der Waals surface area (Å²) in [6.45, 7) is 3.08. The number of hydrogen-bond acceptors (Lipinski definition) is 3. The van der Waals surface area contributed by atoms with Gasteiger partial charge in [0.15, 0.2) is 0 Å². The lowest BCUT2D eigenvalue weighted by Gasteiger charge is -2.12. The molecule has 1 unspecified atom stereocenters. The maximum atomic E-state index is 13.4. The molecule has 0 fully saturated rings. The van der Waals surface area contributed by atoms with Gasteiger partial charge in [-0.15, -0.1) is 0 Å². The zero-order valence-electron chi connectivity index (χ0n) is 9.37. The fraction of sp³-hybridized carbons (Fsp3) is 0.364. The second kappa shape index (κ2) is 5.35. The van der Waals surface area contributed by atoms with Gasteiger partial charge in [-0.3, -0.25) is 14.9 Å². The summed E-state index contributed by atoms with van der Waals surface area (Å²) in [5.41, 5.74) is -0.106. The van der Waals surface area contributed by atoms with Gasteiger partial charge in [-0.1, -0.05) is 6.92 Å². The van der Waals surface area contributed by atoms with E-state index in [2.05, 4.69) is 15.9 Å². The minimum Gasteiger partial charge on any atom is -0.299 e. The van der Waals surface area contributed by atoms with Gasteiger partial charge in [0.1, 0.15) is 11.6 Å². The number of nitrogens with zero attached hydrogens (tertiary/aromatic N) is 1. The van der Waals surface area contributed by atoms with Crippen LogP contribution >= 0.6 is 15.9 Å². The van der Waals surface area contributed by atoms with Crippen LogP contribution in [0.25, 0.3) is 0 Å². The first-order valence-electron chi connectivity index (χ1n) is 5.02. The molecule has 92 valence electrons. The van der Waals surface area contributed by atoms with Crippen molar-refractivity contribution in [2.45, 2.75) is 26.2 Å². The quantitative estimate of drug-likeness (QED) is 0.631. The molecule has 0 spiro atoms. The Bertz CT molecular complexity index is 476. The zero-order chi connectivity index (χ0) is 13.2. The zero-order valence-corrected chi connectivity index (χ0v) is 11.0.